The summed E-state index contributed by atoms with van der Waals surface area (Å²) in [4.78, 5) is 25.2. The highest BCUT2D eigenvalue weighted by Gasteiger charge is 2.33. The van der Waals surface area contributed by atoms with Gasteiger partial charge < -0.3 is 25.2 Å². The van der Waals surface area contributed by atoms with Gasteiger partial charge in [-0.1, -0.05) is 19.3 Å². The number of carbonyl (C=O) groups is 2. The molecular formula is C14H24N2O5. The van der Waals surface area contributed by atoms with Crippen molar-refractivity contribution in [2.75, 3.05) is 26.3 Å². The van der Waals surface area contributed by atoms with Crippen LogP contribution in [0.5, 0.6) is 0 Å². The zero-order valence-electron chi connectivity index (χ0n) is 12.2. The van der Waals surface area contributed by atoms with Crippen LogP contribution in [0.2, 0.25) is 0 Å². The van der Waals surface area contributed by atoms with E-state index in [9.17, 15) is 14.7 Å². The fraction of sp³-hybridized carbons (Fsp3) is 0.857. The van der Waals surface area contributed by atoms with Crippen LogP contribution in [-0.2, 0) is 9.53 Å². The normalized spacial score (nSPS) is 25.4. The molecule has 2 aliphatic rings. The largest absolute Gasteiger partial charge is 0.480 e. The second kappa shape index (κ2) is 7.61. The molecule has 120 valence electrons. The number of urea groups is 1. The Morgan fingerprint density at radius 3 is 2.62 bits per heavy atom. The molecule has 1 saturated carbocycles. The Morgan fingerprint density at radius 1 is 1.29 bits per heavy atom. The standard InChI is InChI=1S/C14H24N2O5/c17-9-11-8-16(6-7-21-11)14(20)15-12(13(18)19)10-4-2-1-3-5-10/h10-12,17H,1-9H2,(H,15,20)(H,18,19). The van der Waals surface area contributed by atoms with E-state index in [1.807, 2.05) is 0 Å². The lowest BCUT2D eigenvalue weighted by Gasteiger charge is -2.34. The lowest BCUT2D eigenvalue weighted by Crippen LogP contribution is -2.55. The number of carboxylic acids is 1. The predicted octanol–water partition coefficient (Wildman–Crippen LogP) is 0.423. The van der Waals surface area contributed by atoms with Crippen LogP contribution in [0.4, 0.5) is 4.79 Å². The molecule has 1 saturated heterocycles. The number of ether oxygens (including phenoxy) is 1. The predicted molar refractivity (Wildman–Crippen MR) is 74.9 cm³/mol. The van der Waals surface area contributed by atoms with Gasteiger partial charge in [-0.25, -0.2) is 9.59 Å². The highest BCUT2D eigenvalue weighted by atomic mass is 16.5. The minimum Gasteiger partial charge on any atom is -0.480 e. The molecule has 0 spiro atoms. The molecule has 0 aromatic heterocycles. The van der Waals surface area contributed by atoms with Gasteiger partial charge in [-0.2, -0.15) is 0 Å². The fourth-order valence-electron chi connectivity index (χ4n) is 3.09. The number of aliphatic hydroxyl groups is 1. The lowest BCUT2D eigenvalue weighted by atomic mass is 9.84. The molecule has 1 aliphatic heterocycles. The van der Waals surface area contributed by atoms with E-state index in [1.165, 1.54) is 4.90 Å². The van der Waals surface area contributed by atoms with Crippen LogP contribution in [0.15, 0.2) is 0 Å². The van der Waals surface area contributed by atoms with Crippen molar-refractivity contribution >= 4 is 12.0 Å². The molecule has 0 aromatic rings. The maximum atomic E-state index is 12.2. The van der Waals surface area contributed by atoms with Gasteiger partial charge in [0.1, 0.15) is 6.04 Å². The lowest BCUT2D eigenvalue weighted by molar-refractivity contribution is -0.141. The first kappa shape index (κ1) is 16.0. The third kappa shape index (κ3) is 4.31. The summed E-state index contributed by atoms with van der Waals surface area (Å²) in [5.41, 5.74) is 0. The molecule has 7 nitrogen and oxygen atoms in total. The van der Waals surface area contributed by atoms with Gasteiger partial charge in [-0.15, -0.1) is 0 Å². The number of hydrogen-bond donors (Lipinski definition) is 3. The Balaban J connectivity index is 1.92. The molecule has 3 N–H and O–H groups in total. The van der Waals surface area contributed by atoms with Crippen molar-refractivity contribution in [3.63, 3.8) is 0 Å². The van der Waals surface area contributed by atoms with E-state index in [4.69, 9.17) is 9.84 Å². The van der Waals surface area contributed by atoms with Crippen LogP contribution in [0.1, 0.15) is 32.1 Å². The van der Waals surface area contributed by atoms with Crippen LogP contribution in [0.3, 0.4) is 0 Å². The second-order valence-electron chi connectivity index (χ2n) is 5.78. The van der Waals surface area contributed by atoms with Gasteiger partial charge in [0, 0.05) is 6.54 Å². The van der Waals surface area contributed by atoms with E-state index >= 15 is 0 Å². The first-order valence-electron chi connectivity index (χ1n) is 7.62. The van der Waals surface area contributed by atoms with E-state index < -0.39 is 12.0 Å². The molecule has 1 heterocycles. The smallest absolute Gasteiger partial charge is 0.326 e. The summed E-state index contributed by atoms with van der Waals surface area (Å²) in [6, 6.07) is -1.21. The van der Waals surface area contributed by atoms with Crippen LogP contribution < -0.4 is 5.32 Å². The zero-order chi connectivity index (χ0) is 15.2. The molecule has 2 fully saturated rings. The number of rotatable bonds is 4. The van der Waals surface area contributed by atoms with Gasteiger partial charge in [0.05, 0.1) is 25.9 Å². The first-order valence-corrected chi connectivity index (χ1v) is 7.62. The highest BCUT2D eigenvalue weighted by molar-refractivity contribution is 5.82. The van der Waals surface area contributed by atoms with Crippen molar-refractivity contribution in [2.24, 2.45) is 5.92 Å². The Morgan fingerprint density at radius 2 is 2.00 bits per heavy atom. The molecule has 0 aromatic carbocycles. The van der Waals surface area contributed by atoms with Crippen molar-refractivity contribution in [1.29, 1.82) is 0 Å². The van der Waals surface area contributed by atoms with Crippen LogP contribution >= 0.6 is 0 Å². The summed E-state index contributed by atoms with van der Waals surface area (Å²) in [5, 5.41) is 21.1. The minimum absolute atomic E-state index is 0.00915. The summed E-state index contributed by atoms with van der Waals surface area (Å²) in [5.74, 6) is -0.961. The number of morpholine rings is 1. The monoisotopic (exact) mass is 300 g/mol. The molecule has 2 unspecified atom stereocenters. The van der Waals surface area contributed by atoms with Crippen molar-refractivity contribution in [3.05, 3.63) is 0 Å². The average Bonchev–Trinajstić information content (AvgIpc) is 2.53. The van der Waals surface area contributed by atoms with Gasteiger partial charge in [-0.05, 0) is 18.8 Å². The van der Waals surface area contributed by atoms with Gasteiger partial charge >= 0.3 is 12.0 Å². The minimum atomic E-state index is -0.970. The molecule has 2 amide bonds. The summed E-state index contributed by atoms with van der Waals surface area (Å²) in [6.45, 7) is 0.924. The topological polar surface area (TPSA) is 99.1 Å². The highest BCUT2D eigenvalue weighted by Crippen LogP contribution is 2.26. The van der Waals surface area contributed by atoms with Crippen LogP contribution in [0.25, 0.3) is 0 Å². The summed E-state index contributed by atoms with van der Waals surface area (Å²) < 4.78 is 5.29. The molecular weight excluding hydrogens is 276 g/mol. The van der Waals surface area contributed by atoms with E-state index in [2.05, 4.69) is 5.32 Å². The van der Waals surface area contributed by atoms with Crippen molar-refractivity contribution < 1.29 is 24.5 Å². The van der Waals surface area contributed by atoms with Crippen molar-refractivity contribution in [2.45, 2.75) is 44.2 Å². The van der Waals surface area contributed by atoms with Gasteiger partial charge in [-0.3, -0.25) is 0 Å². The molecule has 7 heteroatoms. The summed E-state index contributed by atoms with van der Waals surface area (Å²) in [7, 11) is 0. The number of hydrogen-bond acceptors (Lipinski definition) is 4. The average molecular weight is 300 g/mol. The third-order valence-corrected chi connectivity index (χ3v) is 4.30. The van der Waals surface area contributed by atoms with Crippen LogP contribution in [-0.4, -0.2) is 65.6 Å². The number of carbonyl (C=O) groups excluding carboxylic acids is 1. The number of amides is 2. The molecule has 1 aliphatic carbocycles. The second-order valence-corrected chi connectivity index (χ2v) is 5.78. The maximum Gasteiger partial charge on any atom is 0.326 e. The summed E-state index contributed by atoms with van der Waals surface area (Å²) in [6.07, 6.45) is 4.49. The molecule has 21 heavy (non-hydrogen) atoms. The van der Waals surface area contributed by atoms with E-state index in [0.717, 1.165) is 32.1 Å². The number of nitrogens with zero attached hydrogens (tertiary/aromatic N) is 1. The van der Waals surface area contributed by atoms with Crippen LogP contribution in [0, 0.1) is 5.92 Å². The maximum absolute atomic E-state index is 12.2. The molecule has 0 bridgehead atoms. The fourth-order valence-corrected chi connectivity index (χ4v) is 3.09. The SMILES string of the molecule is O=C(O)C(NC(=O)N1CCOC(CO)C1)C1CCCCC1. The van der Waals surface area contributed by atoms with Crippen molar-refractivity contribution in [3.8, 4) is 0 Å². The van der Waals surface area contributed by atoms with Gasteiger partial charge in [0.15, 0.2) is 0 Å². The van der Waals surface area contributed by atoms with E-state index in [-0.39, 0.29) is 24.7 Å². The van der Waals surface area contributed by atoms with E-state index in [0.29, 0.717) is 19.7 Å². The first-order chi connectivity index (χ1) is 10.1. The molecule has 2 atom stereocenters. The number of aliphatic hydroxyl groups excluding tert-OH is 1. The summed E-state index contributed by atoms with van der Waals surface area (Å²) >= 11 is 0. The number of nitrogens with one attached hydrogen (secondary N) is 1. The van der Waals surface area contributed by atoms with Gasteiger partial charge in [0.2, 0.25) is 0 Å². The number of aliphatic carboxylic acids is 1. The van der Waals surface area contributed by atoms with Crippen molar-refractivity contribution in [1.82, 2.24) is 10.2 Å². The quantitative estimate of drug-likeness (QED) is 0.699. The van der Waals surface area contributed by atoms with Gasteiger partial charge in [0.25, 0.3) is 0 Å². The molecule has 0 radical (unpaired) electrons. The Kier molecular flexibility index (Phi) is 5.81. The zero-order valence-corrected chi connectivity index (χ0v) is 12.2. The third-order valence-electron chi connectivity index (χ3n) is 4.30. The Hall–Kier alpha value is -1.34. The number of carboxylic acid groups (broad SMARTS) is 1. The Labute approximate surface area is 124 Å². The molecule has 2 rings (SSSR count). The van der Waals surface area contributed by atoms with E-state index in [1.54, 1.807) is 0 Å². The Bertz CT molecular complexity index is 370.